The van der Waals surface area contributed by atoms with E-state index >= 15 is 0 Å². The Morgan fingerprint density at radius 1 is 1.62 bits per heavy atom. The summed E-state index contributed by atoms with van der Waals surface area (Å²) >= 11 is 0. The normalized spacial score (nSPS) is 54.0. The standard InChI is InChI=1S/C7H13N/c1-6-5-7(2)3-4-8(6)7/h6H,3-5H2,1-2H3. The summed E-state index contributed by atoms with van der Waals surface area (Å²) in [7, 11) is 0. The van der Waals surface area contributed by atoms with Crippen molar-refractivity contribution >= 4 is 0 Å². The second-order valence-electron chi connectivity index (χ2n) is 3.49. The van der Waals surface area contributed by atoms with Crippen molar-refractivity contribution in [3.63, 3.8) is 0 Å². The molecule has 8 heavy (non-hydrogen) atoms. The Hall–Kier alpha value is -0.0400. The highest BCUT2D eigenvalue weighted by Gasteiger charge is 2.52. The number of rotatable bonds is 0. The monoisotopic (exact) mass is 111 g/mol. The molecule has 0 bridgehead atoms. The highest BCUT2D eigenvalue weighted by atomic mass is 15.3. The Morgan fingerprint density at radius 3 is 2.38 bits per heavy atom. The van der Waals surface area contributed by atoms with E-state index < -0.39 is 0 Å². The molecular formula is C7H13N. The van der Waals surface area contributed by atoms with Crippen LogP contribution in [0.3, 0.4) is 0 Å². The number of fused-ring (bicyclic) bond motifs is 1. The molecule has 2 aliphatic rings. The van der Waals surface area contributed by atoms with Crippen molar-refractivity contribution < 1.29 is 0 Å². The number of hydrogen-bond acceptors (Lipinski definition) is 1. The lowest BCUT2D eigenvalue weighted by atomic mass is 9.71. The number of hydrogen-bond donors (Lipinski definition) is 0. The van der Waals surface area contributed by atoms with Crippen molar-refractivity contribution in [2.45, 2.75) is 38.3 Å². The third kappa shape index (κ3) is 0.334. The quantitative estimate of drug-likeness (QED) is 0.454. The largest absolute Gasteiger partial charge is 0.295 e. The second kappa shape index (κ2) is 1.10. The smallest absolute Gasteiger partial charge is 0.0211 e. The van der Waals surface area contributed by atoms with Gasteiger partial charge < -0.3 is 0 Å². The van der Waals surface area contributed by atoms with Gasteiger partial charge in [-0.05, 0) is 26.7 Å². The zero-order valence-corrected chi connectivity index (χ0v) is 5.65. The molecule has 0 amide bonds. The van der Waals surface area contributed by atoms with Crippen molar-refractivity contribution in [2.75, 3.05) is 6.54 Å². The Labute approximate surface area is 50.7 Å². The molecule has 2 unspecified atom stereocenters. The van der Waals surface area contributed by atoms with E-state index in [1.165, 1.54) is 19.4 Å². The molecule has 46 valence electrons. The SMILES string of the molecule is CC1CC2(C)CCN12. The van der Waals surface area contributed by atoms with E-state index in [0.29, 0.717) is 5.54 Å². The summed E-state index contributed by atoms with van der Waals surface area (Å²) in [6.07, 6.45) is 2.88. The van der Waals surface area contributed by atoms with Crippen LogP contribution in [-0.2, 0) is 0 Å². The minimum atomic E-state index is 0.666. The van der Waals surface area contributed by atoms with Crippen LogP contribution >= 0.6 is 0 Å². The van der Waals surface area contributed by atoms with Gasteiger partial charge in [-0.15, -0.1) is 0 Å². The summed E-state index contributed by atoms with van der Waals surface area (Å²) in [4.78, 5) is 2.59. The lowest BCUT2D eigenvalue weighted by Crippen LogP contribution is -2.71. The topological polar surface area (TPSA) is 3.24 Å². The molecule has 0 N–H and O–H groups in total. The van der Waals surface area contributed by atoms with Crippen LogP contribution in [0.4, 0.5) is 0 Å². The summed E-state index contributed by atoms with van der Waals surface area (Å²) < 4.78 is 0. The van der Waals surface area contributed by atoms with Gasteiger partial charge in [0.2, 0.25) is 0 Å². The molecule has 0 saturated carbocycles. The van der Waals surface area contributed by atoms with Gasteiger partial charge in [0.15, 0.2) is 0 Å². The Morgan fingerprint density at radius 2 is 2.38 bits per heavy atom. The summed E-state index contributed by atoms with van der Waals surface area (Å²) in [6.45, 7) is 6.05. The number of piperidine rings is 1. The summed E-state index contributed by atoms with van der Waals surface area (Å²) in [5.74, 6) is 0. The predicted molar refractivity (Wildman–Crippen MR) is 33.8 cm³/mol. The van der Waals surface area contributed by atoms with Crippen LogP contribution in [0.1, 0.15) is 26.7 Å². The van der Waals surface area contributed by atoms with Crippen LogP contribution in [0.2, 0.25) is 0 Å². The third-order valence-electron chi connectivity index (χ3n) is 2.85. The van der Waals surface area contributed by atoms with Gasteiger partial charge in [-0.3, -0.25) is 4.90 Å². The summed E-state index contributed by atoms with van der Waals surface area (Å²) in [6, 6.07) is 0.897. The van der Waals surface area contributed by atoms with Gasteiger partial charge in [-0.25, -0.2) is 0 Å². The van der Waals surface area contributed by atoms with Crippen LogP contribution in [0.15, 0.2) is 0 Å². The highest BCUT2D eigenvalue weighted by molar-refractivity contribution is 5.08. The molecule has 0 aromatic rings. The zero-order chi connectivity index (χ0) is 5.78. The molecule has 2 heterocycles. The van der Waals surface area contributed by atoms with Crippen molar-refractivity contribution in [3.05, 3.63) is 0 Å². The van der Waals surface area contributed by atoms with E-state index in [9.17, 15) is 0 Å². The van der Waals surface area contributed by atoms with Gasteiger partial charge in [0, 0.05) is 18.1 Å². The van der Waals surface area contributed by atoms with E-state index in [1.807, 2.05) is 0 Å². The van der Waals surface area contributed by atoms with Gasteiger partial charge in [0.1, 0.15) is 0 Å². The first-order valence-electron chi connectivity index (χ1n) is 3.49. The van der Waals surface area contributed by atoms with Gasteiger partial charge in [-0.2, -0.15) is 0 Å². The van der Waals surface area contributed by atoms with Gasteiger partial charge >= 0.3 is 0 Å². The molecule has 2 aliphatic heterocycles. The molecule has 0 radical (unpaired) electrons. The van der Waals surface area contributed by atoms with Crippen LogP contribution in [0, 0.1) is 0 Å². The third-order valence-corrected chi connectivity index (χ3v) is 2.85. The molecule has 2 saturated heterocycles. The summed E-state index contributed by atoms with van der Waals surface area (Å²) in [5, 5.41) is 0. The predicted octanol–water partition coefficient (Wildman–Crippen LogP) is 1.24. The molecule has 1 nitrogen and oxygen atoms in total. The van der Waals surface area contributed by atoms with E-state index in [1.54, 1.807) is 0 Å². The first-order valence-corrected chi connectivity index (χ1v) is 3.49. The molecule has 0 aliphatic carbocycles. The van der Waals surface area contributed by atoms with Crippen LogP contribution < -0.4 is 0 Å². The lowest BCUT2D eigenvalue weighted by Gasteiger charge is -2.64. The Bertz CT molecular complexity index is 122. The van der Waals surface area contributed by atoms with E-state index in [4.69, 9.17) is 0 Å². The maximum Gasteiger partial charge on any atom is 0.0211 e. The zero-order valence-electron chi connectivity index (χ0n) is 5.65. The minimum absolute atomic E-state index is 0.666. The average molecular weight is 111 g/mol. The fourth-order valence-electron chi connectivity index (χ4n) is 2.23. The van der Waals surface area contributed by atoms with Crippen molar-refractivity contribution in [1.29, 1.82) is 0 Å². The highest BCUT2D eigenvalue weighted by Crippen LogP contribution is 2.46. The molecule has 2 atom stereocenters. The minimum Gasteiger partial charge on any atom is -0.295 e. The molecule has 0 spiro atoms. The fraction of sp³-hybridized carbons (Fsp3) is 1.00. The fourth-order valence-corrected chi connectivity index (χ4v) is 2.23. The van der Waals surface area contributed by atoms with Crippen molar-refractivity contribution in [3.8, 4) is 0 Å². The summed E-state index contributed by atoms with van der Waals surface area (Å²) in [5.41, 5.74) is 0.666. The maximum atomic E-state index is 2.59. The number of nitrogens with zero attached hydrogens (tertiary/aromatic N) is 1. The van der Waals surface area contributed by atoms with Crippen molar-refractivity contribution in [2.24, 2.45) is 0 Å². The lowest BCUT2D eigenvalue weighted by molar-refractivity contribution is -0.135. The average Bonchev–Trinajstić information content (AvgIpc) is 1.64. The molecule has 0 aromatic carbocycles. The first-order chi connectivity index (χ1) is 3.72. The molecule has 2 rings (SSSR count). The second-order valence-corrected chi connectivity index (χ2v) is 3.49. The van der Waals surface area contributed by atoms with E-state index in [-0.39, 0.29) is 0 Å². The Balaban J connectivity index is 2.08. The van der Waals surface area contributed by atoms with Gasteiger partial charge in [-0.1, -0.05) is 0 Å². The Kier molecular flexibility index (Phi) is 0.663. The van der Waals surface area contributed by atoms with Crippen molar-refractivity contribution in [1.82, 2.24) is 4.90 Å². The van der Waals surface area contributed by atoms with Gasteiger partial charge in [0.05, 0.1) is 0 Å². The first kappa shape index (κ1) is 4.80. The van der Waals surface area contributed by atoms with Crippen LogP contribution in [0.25, 0.3) is 0 Å². The van der Waals surface area contributed by atoms with Gasteiger partial charge in [0.25, 0.3) is 0 Å². The van der Waals surface area contributed by atoms with Crippen LogP contribution in [0.5, 0.6) is 0 Å². The van der Waals surface area contributed by atoms with Crippen LogP contribution in [-0.4, -0.2) is 23.0 Å². The maximum absolute atomic E-state index is 2.59. The van der Waals surface area contributed by atoms with E-state index in [2.05, 4.69) is 18.7 Å². The molecular weight excluding hydrogens is 98.1 g/mol. The molecule has 0 aromatic heterocycles. The van der Waals surface area contributed by atoms with E-state index in [0.717, 1.165) is 6.04 Å². The molecule has 1 heteroatoms. The molecule has 2 fully saturated rings.